The van der Waals surface area contributed by atoms with E-state index in [9.17, 15) is 0 Å². The molecule has 0 aromatic heterocycles. The number of rotatable bonds is 6. The van der Waals surface area contributed by atoms with Gasteiger partial charge in [-0.25, -0.2) is 5.01 Å². The number of ether oxygens (including phenoxy) is 1. The minimum atomic E-state index is -0.0972. The van der Waals surface area contributed by atoms with E-state index in [1.54, 1.807) is 0 Å². The first-order chi connectivity index (χ1) is 8.58. The molecule has 0 aliphatic carbocycles. The molecule has 1 aliphatic heterocycles. The summed E-state index contributed by atoms with van der Waals surface area (Å²) in [5.74, 6) is 0. The van der Waals surface area contributed by atoms with E-state index in [2.05, 4.69) is 55.1 Å². The van der Waals surface area contributed by atoms with Gasteiger partial charge in [0.05, 0.1) is 6.61 Å². The molecule has 1 saturated heterocycles. The zero-order chi connectivity index (χ0) is 13.8. The normalized spacial score (nSPS) is 30.3. The van der Waals surface area contributed by atoms with Crippen LogP contribution < -0.4 is 5.43 Å². The molecule has 2 unspecified atom stereocenters. The van der Waals surface area contributed by atoms with Crippen molar-refractivity contribution >= 4 is 0 Å². The Morgan fingerprint density at radius 2 is 1.89 bits per heavy atom. The second kappa shape index (κ2) is 6.82. The van der Waals surface area contributed by atoms with Gasteiger partial charge in [-0.15, -0.1) is 0 Å². The van der Waals surface area contributed by atoms with E-state index < -0.39 is 0 Å². The van der Waals surface area contributed by atoms with Gasteiger partial charge in [0.1, 0.15) is 11.9 Å². The van der Waals surface area contributed by atoms with Crippen LogP contribution in [-0.2, 0) is 4.74 Å². The van der Waals surface area contributed by atoms with E-state index >= 15 is 0 Å². The molecule has 0 bridgehead atoms. The summed E-state index contributed by atoms with van der Waals surface area (Å²) in [4.78, 5) is 4.68. The van der Waals surface area contributed by atoms with E-state index in [1.165, 1.54) is 0 Å². The predicted molar refractivity (Wildman–Crippen MR) is 75.1 cm³/mol. The van der Waals surface area contributed by atoms with Crippen LogP contribution in [0.2, 0.25) is 0 Å². The fourth-order valence-corrected chi connectivity index (χ4v) is 3.27. The lowest BCUT2D eigenvalue weighted by atomic mass is 9.98. The lowest BCUT2D eigenvalue weighted by molar-refractivity contribution is -0.250. The molecule has 5 heteroatoms. The van der Waals surface area contributed by atoms with E-state index in [0.29, 0.717) is 0 Å². The Hall–Kier alpha value is -0.200. The summed E-state index contributed by atoms with van der Waals surface area (Å²) in [5.41, 5.74) is 3.27. The maximum atomic E-state index is 6.07. The Labute approximate surface area is 112 Å². The molecule has 2 atom stereocenters. The maximum absolute atomic E-state index is 6.07. The second-order valence-electron chi connectivity index (χ2n) is 4.97. The molecule has 5 nitrogen and oxygen atoms in total. The first kappa shape index (κ1) is 15.9. The smallest absolute Gasteiger partial charge is 0.143 e. The van der Waals surface area contributed by atoms with Crippen LogP contribution in [0.3, 0.4) is 0 Å². The number of hydrazine groups is 1. The molecule has 0 saturated carbocycles. The van der Waals surface area contributed by atoms with Crippen LogP contribution in [0.15, 0.2) is 0 Å². The van der Waals surface area contributed by atoms with Crippen LogP contribution in [0.4, 0.5) is 0 Å². The highest BCUT2D eigenvalue weighted by Gasteiger charge is 2.50. The minimum absolute atomic E-state index is 0.0867. The fourth-order valence-electron chi connectivity index (χ4n) is 3.27. The summed E-state index contributed by atoms with van der Waals surface area (Å²) in [6, 6.07) is 0. The number of nitrogens with zero attached hydrogens (tertiary/aromatic N) is 3. The molecule has 1 rings (SSSR count). The van der Waals surface area contributed by atoms with Crippen LogP contribution in [0.5, 0.6) is 0 Å². The monoisotopic (exact) mass is 258 g/mol. The predicted octanol–water partition coefficient (Wildman–Crippen LogP) is 0.789. The molecule has 0 aromatic rings. The largest absolute Gasteiger partial charge is 0.358 e. The molecule has 18 heavy (non-hydrogen) atoms. The van der Waals surface area contributed by atoms with Gasteiger partial charge in [-0.2, -0.15) is 0 Å². The summed E-state index contributed by atoms with van der Waals surface area (Å²) < 4.78 is 6.07. The molecule has 0 aromatic carbocycles. The van der Waals surface area contributed by atoms with Gasteiger partial charge in [-0.3, -0.25) is 15.2 Å². The highest BCUT2D eigenvalue weighted by molar-refractivity contribution is 4.96. The summed E-state index contributed by atoms with van der Waals surface area (Å²) in [6.45, 7) is 10.4. The van der Waals surface area contributed by atoms with Gasteiger partial charge in [-0.05, 0) is 40.7 Å². The SMILES string of the molecule is CCN(CC)C1(CC)C(N(C)C)OCCN1NC. The summed E-state index contributed by atoms with van der Waals surface area (Å²) in [6.07, 6.45) is 1.11. The van der Waals surface area contributed by atoms with Crippen LogP contribution in [0.1, 0.15) is 27.2 Å². The lowest BCUT2D eigenvalue weighted by Gasteiger charge is -2.57. The van der Waals surface area contributed by atoms with Crippen molar-refractivity contribution in [3.05, 3.63) is 0 Å². The Morgan fingerprint density at radius 1 is 1.28 bits per heavy atom. The van der Waals surface area contributed by atoms with Crippen molar-refractivity contribution in [3.63, 3.8) is 0 Å². The quantitative estimate of drug-likeness (QED) is 0.761. The molecular formula is C13H30N4O. The standard InChI is InChI=1S/C13H30N4O/c1-7-13(16(8-2)9-3)12(15(5)6)18-11-10-17(13)14-4/h12,14H,7-11H2,1-6H3. The van der Waals surface area contributed by atoms with E-state index in [4.69, 9.17) is 4.74 Å². The summed E-state index contributed by atoms with van der Waals surface area (Å²) in [5, 5.41) is 2.34. The number of likely N-dealkylation sites (N-methyl/N-ethyl adjacent to an activating group) is 2. The zero-order valence-electron chi connectivity index (χ0n) is 12.9. The molecule has 0 amide bonds. The van der Waals surface area contributed by atoms with E-state index in [-0.39, 0.29) is 11.9 Å². The Bertz CT molecular complexity index is 236. The molecule has 1 fully saturated rings. The highest BCUT2D eigenvalue weighted by Crippen LogP contribution is 2.33. The van der Waals surface area contributed by atoms with Crippen LogP contribution >= 0.6 is 0 Å². The molecular weight excluding hydrogens is 228 g/mol. The molecule has 0 spiro atoms. The Morgan fingerprint density at radius 3 is 2.28 bits per heavy atom. The van der Waals surface area contributed by atoms with Crippen molar-refractivity contribution in [2.45, 2.75) is 39.1 Å². The molecule has 1 aliphatic rings. The van der Waals surface area contributed by atoms with Crippen molar-refractivity contribution in [2.24, 2.45) is 0 Å². The number of morpholine rings is 1. The lowest BCUT2D eigenvalue weighted by Crippen LogP contribution is -2.75. The van der Waals surface area contributed by atoms with Gasteiger partial charge in [0.2, 0.25) is 0 Å². The highest BCUT2D eigenvalue weighted by atomic mass is 16.5. The fraction of sp³-hybridized carbons (Fsp3) is 1.00. The maximum Gasteiger partial charge on any atom is 0.143 e. The van der Waals surface area contributed by atoms with Crippen molar-refractivity contribution in [1.29, 1.82) is 0 Å². The Kier molecular flexibility index (Phi) is 6.01. The van der Waals surface area contributed by atoms with Gasteiger partial charge in [0.15, 0.2) is 0 Å². The van der Waals surface area contributed by atoms with Crippen molar-refractivity contribution < 1.29 is 4.74 Å². The first-order valence-electron chi connectivity index (χ1n) is 7.06. The van der Waals surface area contributed by atoms with Gasteiger partial charge < -0.3 is 4.74 Å². The third-order valence-electron chi connectivity index (χ3n) is 4.02. The van der Waals surface area contributed by atoms with Gasteiger partial charge >= 0.3 is 0 Å². The van der Waals surface area contributed by atoms with Crippen molar-refractivity contribution in [1.82, 2.24) is 20.2 Å². The van der Waals surface area contributed by atoms with E-state index in [1.807, 2.05) is 7.05 Å². The third kappa shape index (κ3) is 2.56. The van der Waals surface area contributed by atoms with Gasteiger partial charge in [-0.1, -0.05) is 20.8 Å². The average Bonchev–Trinajstić information content (AvgIpc) is 2.39. The topological polar surface area (TPSA) is 31.0 Å². The molecule has 1 N–H and O–H groups in total. The zero-order valence-corrected chi connectivity index (χ0v) is 12.9. The second-order valence-corrected chi connectivity index (χ2v) is 4.97. The van der Waals surface area contributed by atoms with E-state index in [0.717, 1.165) is 32.7 Å². The molecule has 0 radical (unpaired) electrons. The van der Waals surface area contributed by atoms with Crippen LogP contribution in [-0.4, -0.2) is 74.1 Å². The van der Waals surface area contributed by atoms with Crippen LogP contribution in [0.25, 0.3) is 0 Å². The van der Waals surface area contributed by atoms with Gasteiger partial charge in [0, 0.05) is 6.54 Å². The minimum Gasteiger partial charge on any atom is -0.358 e. The summed E-state index contributed by atoms with van der Waals surface area (Å²) in [7, 11) is 6.20. The van der Waals surface area contributed by atoms with Gasteiger partial charge in [0.25, 0.3) is 0 Å². The average molecular weight is 258 g/mol. The Balaban J connectivity index is 3.16. The van der Waals surface area contributed by atoms with Crippen LogP contribution in [0, 0.1) is 0 Å². The number of nitrogens with one attached hydrogen (secondary N) is 1. The molecule has 1 heterocycles. The first-order valence-corrected chi connectivity index (χ1v) is 7.06. The van der Waals surface area contributed by atoms with Crippen molar-refractivity contribution in [2.75, 3.05) is 47.4 Å². The summed E-state index contributed by atoms with van der Waals surface area (Å²) >= 11 is 0. The molecule has 108 valence electrons. The number of hydrogen-bond acceptors (Lipinski definition) is 5. The number of hydrogen-bond donors (Lipinski definition) is 1. The van der Waals surface area contributed by atoms with Crippen molar-refractivity contribution in [3.8, 4) is 0 Å². The third-order valence-corrected chi connectivity index (χ3v) is 4.02.